The number of amides is 2. The molecule has 1 unspecified atom stereocenters. The topological polar surface area (TPSA) is 86.8 Å². The Morgan fingerprint density at radius 3 is 2.08 bits per heavy atom. The second kappa shape index (κ2) is 11.8. The summed E-state index contributed by atoms with van der Waals surface area (Å²) in [5.41, 5.74) is 2.20. The molecule has 198 valence electrons. The molecular weight excluding hydrogens is 521 g/mol. The van der Waals surface area contributed by atoms with E-state index >= 15 is 0 Å². The van der Waals surface area contributed by atoms with Gasteiger partial charge < -0.3 is 10.2 Å². The zero-order chi connectivity index (χ0) is 27.4. The molecule has 0 fully saturated rings. The third kappa shape index (κ3) is 8.39. The van der Waals surface area contributed by atoms with Crippen molar-refractivity contribution in [2.24, 2.45) is 0 Å². The van der Waals surface area contributed by atoms with Gasteiger partial charge in [-0.1, -0.05) is 42.3 Å². The van der Waals surface area contributed by atoms with Crippen molar-refractivity contribution in [1.82, 2.24) is 10.2 Å². The molecule has 2 amide bonds. The molecule has 0 aliphatic heterocycles. The number of nitrogens with one attached hydrogen (secondary N) is 1. The molecule has 1 N–H and O–H groups in total. The van der Waals surface area contributed by atoms with Crippen LogP contribution in [0.5, 0.6) is 0 Å². The van der Waals surface area contributed by atoms with E-state index in [0.717, 1.165) is 21.7 Å². The largest absolute Gasteiger partial charge is 0.350 e. The van der Waals surface area contributed by atoms with E-state index in [4.69, 9.17) is 23.2 Å². The predicted molar refractivity (Wildman–Crippen MR) is 147 cm³/mol. The standard InChI is InChI=1S/C26H35Cl2N3O4S/c1-8-23(25(33)29-26(4,5)6)30(15-19-9-10-20(27)14-22(19)28)24(32)16-31(36(7,34)35)21-12-17(2)11-18(3)13-21/h9-14,23H,8,15-16H2,1-7H3,(H,29,33). The van der Waals surface area contributed by atoms with Gasteiger partial charge in [-0.25, -0.2) is 8.42 Å². The summed E-state index contributed by atoms with van der Waals surface area (Å²) in [6.07, 6.45) is 1.38. The van der Waals surface area contributed by atoms with Gasteiger partial charge in [-0.05, 0) is 82.0 Å². The number of benzene rings is 2. The number of carbonyl (C=O) groups excluding carboxylic acids is 2. The average Bonchev–Trinajstić information content (AvgIpc) is 2.70. The van der Waals surface area contributed by atoms with E-state index < -0.39 is 34.1 Å². The lowest BCUT2D eigenvalue weighted by molar-refractivity contribution is -0.141. The molecule has 0 aliphatic carbocycles. The lowest BCUT2D eigenvalue weighted by Gasteiger charge is -2.34. The van der Waals surface area contributed by atoms with Gasteiger partial charge in [0, 0.05) is 22.1 Å². The van der Waals surface area contributed by atoms with Crippen molar-refractivity contribution < 1.29 is 18.0 Å². The number of sulfonamides is 1. The molecule has 7 nitrogen and oxygen atoms in total. The van der Waals surface area contributed by atoms with Crippen LogP contribution < -0.4 is 9.62 Å². The molecule has 0 saturated carbocycles. The van der Waals surface area contributed by atoms with E-state index in [1.807, 2.05) is 40.7 Å². The van der Waals surface area contributed by atoms with Gasteiger partial charge in [0.05, 0.1) is 11.9 Å². The van der Waals surface area contributed by atoms with Crippen LogP contribution in [0.3, 0.4) is 0 Å². The average molecular weight is 557 g/mol. The second-order valence-corrected chi connectivity index (χ2v) is 12.8. The number of nitrogens with zero attached hydrogens (tertiary/aromatic N) is 2. The molecule has 2 aromatic rings. The van der Waals surface area contributed by atoms with Crippen LogP contribution in [0.1, 0.15) is 50.8 Å². The van der Waals surface area contributed by atoms with E-state index in [9.17, 15) is 18.0 Å². The lowest BCUT2D eigenvalue weighted by atomic mass is 10.1. The highest BCUT2D eigenvalue weighted by Gasteiger charge is 2.33. The molecule has 2 aromatic carbocycles. The summed E-state index contributed by atoms with van der Waals surface area (Å²) in [4.78, 5) is 28.4. The van der Waals surface area contributed by atoms with E-state index in [1.165, 1.54) is 4.90 Å². The van der Waals surface area contributed by atoms with Crippen LogP contribution in [-0.4, -0.2) is 49.5 Å². The Morgan fingerprint density at radius 1 is 1.03 bits per heavy atom. The number of aryl methyl sites for hydroxylation is 2. The first-order chi connectivity index (χ1) is 16.5. The third-order valence-corrected chi connectivity index (χ3v) is 7.14. The summed E-state index contributed by atoms with van der Waals surface area (Å²) in [6.45, 7) is 10.6. The van der Waals surface area contributed by atoms with Crippen molar-refractivity contribution in [1.29, 1.82) is 0 Å². The first-order valence-electron chi connectivity index (χ1n) is 11.6. The van der Waals surface area contributed by atoms with Crippen LogP contribution >= 0.6 is 23.2 Å². The fourth-order valence-electron chi connectivity index (χ4n) is 3.91. The van der Waals surface area contributed by atoms with Gasteiger partial charge in [-0.2, -0.15) is 0 Å². The molecule has 0 saturated heterocycles. The Kier molecular flexibility index (Phi) is 9.84. The van der Waals surface area contributed by atoms with Gasteiger partial charge in [0.1, 0.15) is 12.6 Å². The van der Waals surface area contributed by atoms with Crippen LogP contribution in [-0.2, 0) is 26.2 Å². The number of hydrogen-bond donors (Lipinski definition) is 1. The van der Waals surface area contributed by atoms with E-state index in [1.54, 1.807) is 37.3 Å². The Labute approximate surface area is 224 Å². The lowest BCUT2D eigenvalue weighted by Crippen LogP contribution is -2.55. The molecule has 10 heteroatoms. The molecule has 1 atom stereocenters. The fourth-order valence-corrected chi connectivity index (χ4v) is 5.22. The number of halogens is 2. The van der Waals surface area contributed by atoms with Gasteiger partial charge in [0.25, 0.3) is 0 Å². The van der Waals surface area contributed by atoms with Crippen molar-refractivity contribution in [3.05, 3.63) is 63.1 Å². The van der Waals surface area contributed by atoms with Crippen LogP contribution in [0, 0.1) is 13.8 Å². The number of carbonyl (C=O) groups is 2. The van der Waals surface area contributed by atoms with Crippen LogP contribution in [0.25, 0.3) is 0 Å². The SMILES string of the molecule is CCC(C(=O)NC(C)(C)C)N(Cc1ccc(Cl)cc1Cl)C(=O)CN(c1cc(C)cc(C)c1)S(C)(=O)=O. The molecule has 0 spiro atoms. The minimum Gasteiger partial charge on any atom is -0.350 e. The first-order valence-corrected chi connectivity index (χ1v) is 14.2. The van der Waals surface area contributed by atoms with Crippen molar-refractivity contribution >= 4 is 50.7 Å². The molecule has 0 bridgehead atoms. The highest BCUT2D eigenvalue weighted by Crippen LogP contribution is 2.26. The molecule has 2 rings (SSSR count). The number of rotatable bonds is 9. The van der Waals surface area contributed by atoms with Gasteiger partial charge in [-0.15, -0.1) is 0 Å². The van der Waals surface area contributed by atoms with Crippen molar-refractivity contribution in [2.75, 3.05) is 17.1 Å². The van der Waals surface area contributed by atoms with Crippen molar-refractivity contribution in [3.63, 3.8) is 0 Å². The summed E-state index contributed by atoms with van der Waals surface area (Å²) < 4.78 is 26.6. The zero-order valence-electron chi connectivity index (χ0n) is 21.9. The van der Waals surface area contributed by atoms with E-state index in [0.29, 0.717) is 27.7 Å². The van der Waals surface area contributed by atoms with Crippen LogP contribution in [0.2, 0.25) is 10.0 Å². The predicted octanol–water partition coefficient (Wildman–Crippen LogP) is 5.10. The molecular formula is C26H35Cl2N3O4S. The Morgan fingerprint density at radius 2 is 1.61 bits per heavy atom. The molecule has 0 aromatic heterocycles. The highest BCUT2D eigenvalue weighted by molar-refractivity contribution is 7.92. The highest BCUT2D eigenvalue weighted by atomic mass is 35.5. The van der Waals surface area contributed by atoms with Gasteiger partial charge in [-0.3, -0.25) is 13.9 Å². The number of hydrogen-bond acceptors (Lipinski definition) is 4. The maximum atomic E-state index is 13.8. The first kappa shape index (κ1) is 29.9. The van der Waals surface area contributed by atoms with E-state index in [2.05, 4.69) is 5.32 Å². The second-order valence-electron chi connectivity index (χ2n) is 10.0. The number of anilines is 1. The Hall–Kier alpha value is -2.29. The monoisotopic (exact) mass is 555 g/mol. The summed E-state index contributed by atoms with van der Waals surface area (Å²) >= 11 is 12.4. The zero-order valence-corrected chi connectivity index (χ0v) is 24.2. The smallest absolute Gasteiger partial charge is 0.244 e. The summed E-state index contributed by atoms with van der Waals surface area (Å²) in [7, 11) is -3.81. The normalized spacial score (nSPS) is 12.7. The summed E-state index contributed by atoms with van der Waals surface area (Å²) in [5.74, 6) is -0.859. The summed E-state index contributed by atoms with van der Waals surface area (Å²) in [5, 5.41) is 3.72. The van der Waals surface area contributed by atoms with Crippen molar-refractivity contribution in [2.45, 2.75) is 66.1 Å². The van der Waals surface area contributed by atoms with E-state index in [-0.39, 0.29) is 12.5 Å². The van der Waals surface area contributed by atoms with Gasteiger partial charge in [0.2, 0.25) is 21.8 Å². The molecule has 0 aliphatic rings. The third-order valence-electron chi connectivity index (χ3n) is 5.41. The van der Waals surface area contributed by atoms with Gasteiger partial charge >= 0.3 is 0 Å². The van der Waals surface area contributed by atoms with Crippen molar-refractivity contribution in [3.8, 4) is 0 Å². The van der Waals surface area contributed by atoms with Gasteiger partial charge in [0.15, 0.2) is 0 Å². The van der Waals surface area contributed by atoms with Crippen LogP contribution in [0.15, 0.2) is 36.4 Å². The Balaban J connectivity index is 2.53. The maximum absolute atomic E-state index is 13.8. The quantitative estimate of drug-likeness (QED) is 0.466. The molecule has 0 radical (unpaired) electrons. The maximum Gasteiger partial charge on any atom is 0.244 e. The molecule has 0 heterocycles. The fraction of sp³-hybridized carbons (Fsp3) is 0.462. The summed E-state index contributed by atoms with van der Waals surface area (Å²) in [6, 6.07) is 9.41. The Bertz CT molecular complexity index is 1210. The minimum atomic E-state index is -3.81. The molecule has 36 heavy (non-hydrogen) atoms. The van der Waals surface area contributed by atoms with Crippen LogP contribution in [0.4, 0.5) is 5.69 Å². The minimum absolute atomic E-state index is 0.00928.